The van der Waals surface area contributed by atoms with Crippen molar-refractivity contribution in [1.82, 2.24) is 14.5 Å². The molecule has 1 aromatic heterocycles. The standard InChI is InChI=1S/C26H24ClFN4O/c27-19-7-11-21(12-8-19)29-26(33)18-4-3-15-31(16-18)17-25-30-23-5-1-2-6-24(23)32(25)22-13-9-20(28)10-14-22/h1-2,5-14,18H,3-4,15-17H2,(H,29,33)/t18-/m0/s1. The number of nitrogens with zero attached hydrogens (tertiary/aromatic N) is 3. The number of nitrogens with one attached hydrogen (secondary N) is 1. The molecule has 0 saturated carbocycles. The van der Waals surface area contributed by atoms with Crippen LogP contribution >= 0.6 is 11.6 Å². The Kier molecular flexibility index (Phi) is 6.11. The summed E-state index contributed by atoms with van der Waals surface area (Å²) in [7, 11) is 0. The molecule has 0 spiro atoms. The number of hydrogen-bond acceptors (Lipinski definition) is 3. The number of carbonyl (C=O) groups is 1. The summed E-state index contributed by atoms with van der Waals surface area (Å²) < 4.78 is 15.6. The molecule has 0 unspecified atom stereocenters. The molecule has 1 N–H and O–H groups in total. The lowest BCUT2D eigenvalue weighted by molar-refractivity contribution is -0.121. The summed E-state index contributed by atoms with van der Waals surface area (Å²) in [6, 6.07) is 21.6. The zero-order valence-electron chi connectivity index (χ0n) is 18.0. The fraction of sp³-hybridized carbons (Fsp3) is 0.231. The molecule has 1 atom stereocenters. The van der Waals surface area contributed by atoms with Gasteiger partial charge in [0.1, 0.15) is 11.6 Å². The summed E-state index contributed by atoms with van der Waals surface area (Å²) in [4.78, 5) is 20.0. The molecule has 0 aliphatic carbocycles. The van der Waals surface area contributed by atoms with Gasteiger partial charge in [-0.1, -0.05) is 23.7 Å². The molecule has 168 valence electrons. The minimum Gasteiger partial charge on any atom is -0.326 e. The maximum Gasteiger partial charge on any atom is 0.228 e. The Balaban J connectivity index is 1.36. The van der Waals surface area contributed by atoms with Crippen molar-refractivity contribution in [1.29, 1.82) is 0 Å². The Morgan fingerprint density at radius 1 is 1.06 bits per heavy atom. The lowest BCUT2D eigenvalue weighted by Gasteiger charge is -2.31. The SMILES string of the molecule is O=C(Nc1ccc(Cl)cc1)[C@H]1CCCN(Cc2nc3ccccc3n2-c2ccc(F)cc2)C1. The zero-order valence-corrected chi connectivity index (χ0v) is 18.8. The molecule has 5 rings (SSSR count). The smallest absolute Gasteiger partial charge is 0.228 e. The normalized spacial score (nSPS) is 16.7. The minimum absolute atomic E-state index is 0.0223. The number of piperidine rings is 1. The topological polar surface area (TPSA) is 50.2 Å². The van der Waals surface area contributed by atoms with E-state index in [0.29, 0.717) is 18.1 Å². The number of aromatic nitrogens is 2. The van der Waals surface area contributed by atoms with Gasteiger partial charge in [0.15, 0.2) is 0 Å². The second-order valence-corrected chi connectivity index (χ2v) is 8.84. The highest BCUT2D eigenvalue weighted by molar-refractivity contribution is 6.30. The van der Waals surface area contributed by atoms with Gasteiger partial charge in [0.2, 0.25) is 5.91 Å². The Morgan fingerprint density at radius 2 is 1.82 bits per heavy atom. The van der Waals surface area contributed by atoms with E-state index in [9.17, 15) is 9.18 Å². The van der Waals surface area contributed by atoms with Crippen LogP contribution in [0.25, 0.3) is 16.7 Å². The van der Waals surface area contributed by atoms with E-state index >= 15 is 0 Å². The fourth-order valence-corrected chi connectivity index (χ4v) is 4.58. The van der Waals surface area contributed by atoms with Crippen molar-refractivity contribution in [2.75, 3.05) is 18.4 Å². The summed E-state index contributed by atoms with van der Waals surface area (Å²) in [5.74, 6) is 0.531. The number of carbonyl (C=O) groups excluding carboxylic acids is 1. The zero-order chi connectivity index (χ0) is 22.8. The fourth-order valence-electron chi connectivity index (χ4n) is 4.45. The van der Waals surface area contributed by atoms with E-state index in [1.165, 1.54) is 12.1 Å². The van der Waals surface area contributed by atoms with E-state index in [4.69, 9.17) is 16.6 Å². The summed E-state index contributed by atoms with van der Waals surface area (Å²) in [5, 5.41) is 3.65. The number of rotatable bonds is 5. The average Bonchev–Trinajstić information content (AvgIpc) is 3.19. The molecule has 2 heterocycles. The van der Waals surface area contributed by atoms with Gasteiger partial charge in [-0.2, -0.15) is 0 Å². The van der Waals surface area contributed by atoms with Crippen molar-refractivity contribution in [3.8, 4) is 5.69 Å². The first kappa shape index (κ1) is 21.6. The molecule has 4 aromatic rings. The van der Waals surface area contributed by atoms with E-state index in [1.54, 1.807) is 24.3 Å². The second-order valence-electron chi connectivity index (χ2n) is 8.40. The van der Waals surface area contributed by atoms with Crippen molar-refractivity contribution >= 4 is 34.2 Å². The molecule has 0 radical (unpaired) electrons. The highest BCUT2D eigenvalue weighted by atomic mass is 35.5. The first-order valence-electron chi connectivity index (χ1n) is 11.1. The van der Waals surface area contributed by atoms with E-state index in [0.717, 1.165) is 47.6 Å². The molecule has 1 fully saturated rings. The van der Waals surface area contributed by atoms with Gasteiger partial charge in [-0.05, 0) is 80.1 Å². The number of halogens is 2. The van der Waals surface area contributed by atoms with Crippen LogP contribution in [-0.2, 0) is 11.3 Å². The van der Waals surface area contributed by atoms with E-state index in [1.807, 2.05) is 36.4 Å². The van der Waals surface area contributed by atoms with E-state index in [-0.39, 0.29) is 17.6 Å². The molecule has 1 amide bonds. The highest BCUT2D eigenvalue weighted by Crippen LogP contribution is 2.25. The molecule has 1 saturated heterocycles. The number of benzene rings is 3. The summed E-state index contributed by atoms with van der Waals surface area (Å²) in [6.07, 6.45) is 1.79. The molecule has 1 aliphatic heterocycles. The van der Waals surface area contributed by atoms with Gasteiger partial charge in [-0.15, -0.1) is 0 Å². The van der Waals surface area contributed by atoms with Gasteiger partial charge in [0.25, 0.3) is 0 Å². The predicted molar refractivity (Wildman–Crippen MR) is 129 cm³/mol. The van der Waals surface area contributed by atoms with Crippen LogP contribution in [-0.4, -0.2) is 33.4 Å². The van der Waals surface area contributed by atoms with Gasteiger partial charge in [-0.25, -0.2) is 9.37 Å². The van der Waals surface area contributed by atoms with Gasteiger partial charge < -0.3 is 5.32 Å². The second kappa shape index (κ2) is 9.33. The predicted octanol–water partition coefficient (Wildman–Crippen LogP) is 5.67. The minimum atomic E-state index is -0.268. The molecule has 0 bridgehead atoms. The van der Waals surface area contributed by atoms with Crippen molar-refractivity contribution in [3.05, 3.63) is 89.5 Å². The Morgan fingerprint density at radius 3 is 2.61 bits per heavy atom. The maximum absolute atomic E-state index is 13.5. The average molecular weight is 463 g/mol. The lowest BCUT2D eigenvalue weighted by Crippen LogP contribution is -2.40. The molecular formula is C26H24ClFN4O. The molecular weight excluding hydrogens is 439 g/mol. The molecule has 3 aromatic carbocycles. The van der Waals surface area contributed by atoms with Crippen molar-refractivity contribution < 1.29 is 9.18 Å². The van der Waals surface area contributed by atoms with Crippen LogP contribution in [0.4, 0.5) is 10.1 Å². The highest BCUT2D eigenvalue weighted by Gasteiger charge is 2.27. The van der Waals surface area contributed by atoms with Crippen LogP contribution < -0.4 is 5.32 Å². The third-order valence-electron chi connectivity index (χ3n) is 6.07. The number of anilines is 1. The van der Waals surface area contributed by atoms with Crippen LogP contribution in [0, 0.1) is 11.7 Å². The Bertz CT molecular complexity index is 1270. The van der Waals surface area contributed by atoms with Gasteiger partial charge in [0.05, 0.1) is 23.5 Å². The van der Waals surface area contributed by atoms with Crippen LogP contribution in [0.3, 0.4) is 0 Å². The van der Waals surface area contributed by atoms with Crippen LogP contribution in [0.1, 0.15) is 18.7 Å². The molecule has 33 heavy (non-hydrogen) atoms. The molecule has 7 heteroatoms. The van der Waals surface area contributed by atoms with Crippen molar-refractivity contribution in [2.45, 2.75) is 19.4 Å². The molecule has 1 aliphatic rings. The lowest BCUT2D eigenvalue weighted by atomic mass is 9.97. The van der Waals surface area contributed by atoms with Crippen molar-refractivity contribution in [2.24, 2.45) is 5.92 Å². The van der Waals surface area contributed by atoms with Gasteiger partial charge >= 0.3 is 0 Å². The first-order valence-corrected chi connectivity index (χ1v) is 11.5. The number of imidazole rings is 1. The maximum atomic E-state index is 13.5. The third-order valence-corrected chi connectivity index (χ3v) is 6.32. The van der Waals surface area contributed by atoms with Gasteiger partial charge in [-0.3, -0.25) is 14.3 Å². The van der Waals surface area contributed by atoms with Gasteiger partial charge in [0, 0.05) is 22.9 Å². The van der Waals surface area contributed by atoms with Crippen LogP contribution in [0.15, 0.2) is 72.8 Å². The quantitative estimate of drug-likeness (QED) is 0.416. The van der Waals surface area contributed by atoms with E-state index in [2.05, 4.69) is 14.8 Å². The number of fused-ring (bicyclic) bond motifs is 1. The number of hydrogen-bond donors (Lipinski definition) is 1. The van der Waals surface area contributed by atoms with Crippen LogP contribution in [0.2, 0.25) is 5.02 Å². The summed E-state index contributed by atoms with van der Waals surface area (Å²) in [6.45, 7) is 2.17. The Labute approximate surface area is 196 Å². The van der Waals surface area contributed by atoms with Crippen molar-refractivity contribution in [3.63, 3.8) is 0 Å². The molecule has 5 nitrogen and oxygen atoms in total. The summed E-state index contributed by atoms with van der Waals surface area (Å²) in [5.41, 5.74) is 3.49. The number of para-hydroxylation sites is 2. The number of amides is 1. The largest absolute Gasteiger partial charge is 0.326 e. The third kappa shape index (κ3) is 4.77. The van der Waals surface area contributed by atoms with Crippen LogP contribution in [0.5, 0.6) is 0 Å². The first-order chi connectivity index (χ1) is 16.1. The summed E-state index contributed by atoms with van der Waals surface area (Å²) >= 11 is 5.94. The van der Waals surface area contributed by atoms with E-state index < -0.39 is 0 Å². The Hall–Kier alpha value is -3.22. The number of likely N-dealkylation sites (tertiary alicyclic amines) is 1. The monoisotopic (exact) mass is 462 g/mol.